The summed E-state index contributed by atoms with van der Waals surface area (Å²) in [5.41, 5.74) is 2.98. The van der Waals surface area contributed by atoms with E-state index in [1.807, 2.05) is 48.5 Å². The second-order valence-corrected chi connectivity index (χ2v) is 9.83. The fraction of sp³-hybridized carbons (Fsp3) is 0.269. The van der Waals surface area contributed by atoms with Crippen molar-refractivity contribution < 1.29 is 4.79 Å². The van der Waals surface area contributed by atoms with Gasteiger partial charge in [0, 0.05) is 29.7 Å². The molecule has 0 spiro atoms. The average Bonchev–Trinajstić information content (AvgIpc) is 3.51. The molecule has 0 saturated heterocycles. The van der Waals surface area contributed by atoms with Crippen LogP contribution < -0.4 is 10.6 Å². The third-order valence-electron chi connectivity index (χ3n) is 6.51. The Morgan fingerprint density at radius 3 is 2.56 bits per heavy atom. The fourth-order valence-electron chi connectivity index (χ4n) is 4.79. The lowest BCUT2D eigenvalue weighted by atomic mass is 9.78. The maximum Gasteiger partial charge on any atom is 0.230 e. The summed E-state index contributed by atoms with van der Waals surface area (Å²) in [5.74, 6) is 0.884. The van der Waals surface area contributed by atoms with E-state index < -0.39 is 5.41 Å². The molecule has 174 valence electrons. The van der Waals surface area contributed by atoms with Crippen LogP contribution in [0.25, 0.3) is 16.9 Å². The number of carbonyl (C=O) groups excluding carboxylic acids is 1. The number of amides is 1. The number of halogens is 2. The van der Waals surface area contributed by atoms with Crippen molar-refractivity contribution in [2.75, 3.05) is 18.4 Å². The lowest BCUT2D eigenvalue weighted by Crippen LogP contribution is -2.44. The van der Waals surface area contributed by atoms with Gasteiger partial charge in [0.25, 0.3) is 0 Å². The predicted molar refractivity (Wildman–Crippen MR) is 139 cm³/mol. The van der Waals surface area contributed by atoms with Crippen LogP contribution in [0.1, 0.15) is 31.2 Å². The fourth-order valence-corrected chi connectivity index (χ4v) is 5.37. The van der Waals surface area contributed by atoms with E-state index in [0.29, 0.717) is 23.8 Å². The van der Waals surface area contributed by atoms with Crippen molar-refractivity contribution in [2.24, 2.45) is 0 Å². The summed E-state index contributed by atoms with van der Waals surface area (Å²) in [4.78, 5) is 18.0. The molecule has 1 saturated carbocycles. The highest BCUT2D eigenvalue weighted by atomic mass is 79.9. The van der Waals surface area contributed by atoms with Crippen molar-refractivity contribution in [1.29, 1.82) is 0 Å². The number of benzene rings is 2. The van der Waals surface area contributed by atoms with Gasteiger partial charge in [0.1, 0.15) is 5.82 Å². The number of carbonyl (C=O) groups is 1. The average molecular weight is 539 g/mol. The van der Waals surface area contributed by atoms with E-state index in [-0.39, 0.29) is 5.91 Å². The van der Waals surface area contributed by atoms with Gasteiger partial charge in [-0.1, -0.05) is 73.0 Å². The van der Waals surface area contributed by atoms with E-state index in [9.17, 15) is 4.79 Å². The molecule has 1 aliphatic rings. The summed E-state index contributed by atoms with van der Waals surface area (Å²) in [6, 6.07) is 19.7. The number of anilines is 1. The molecule has 1 fully saturated rings. The smallest absolute Gasteiger partial charge is 0.230 e. The van der Waals surface area contributed by atoms with Gasteiger partial charge in [-0.25, -0.2) is 4.98 Å². The van der Waals surface area contributed by atoms with Gasteiger partial charge in [-0.05, 0) is 40.4 Å². The molecule has 1 amide bonds. The maximum absolute atomic E-state index is 13.3. The van der Waals surface area contributed by atoms with Gasteiger partial charge < -0.3 is 10.6 Å². The highest BCUT2D eigenvalue weighted by molar-refractivity contribution is 9.10. The molecule has 6 nitrogen and oxygen atoms in total. The van der Waals surface area contributed by atoms with Crippen molar-refractivity contribution in [3.63, 3.8) is 0 Å². The van der Waals surface area contributed by atoms with Crippen molar-refractivity contribution in [2.45, 2.75) is 31.1 Å². The molecule has 4 aromatic rings. The molecule has 5 rings (SSSR count). The number of aromatic nitrogens is 3. The Morgan fingerprint density at radius 1 is 1.06 bits per heavy atom. The standard InChI is InChI=1S/C26H25BrClN5O/c27-20-17-31-33-23(16-22(32-24(20)33)19-10-4-5-11-21(19)28)29-14-15-30-25(34)26(12-6-7-13-26)18-8-2-1-3-9-18/h1-5,8-11,16-17,29H,6-7,12-15H2,(H,30,34). The van der Waals surface area contributed by atoms with Crippen molar-refractivity contribution >= 4 is 44.9 Å². The Bertz CT molecular complexity index is 1320. The molecule has 0 bridgehead atoms. The van der Waals surface area contributed by atoms with Crippen LogP contribution in [0.3, 0.4) is 0 Å². The van der Waals surface area contributed by atoms with Crippen molar-refractivity contribution in [1.82, 2.24) is 19.9 Å². The first-order valence-electron chi connectivity index (χ1n) is 11.5. The summed E-state index contributed by atoms with van der Waals surface area (Å²) >= 11 is 9.95. The van der Waals surface area contributed by atoms with Crippen molar-refractivity contribution in [3.8, 4) is 11.3 Å². The minimum Gasteiger partial charge on any atom is -0.368 e. The van der Waals surface area contributed by atoms with Gasteiger partial charge in [-0.3, -0.25) is 4.79 Å². The molecule has 0 radical (unpaired) electrons. The lowest BCUT2D eigenvalue weighted by Gasteiger charge is -2.28. The quantitative estimate of drug-likeness (QED) is 0.290. The lowest BCUT2D eigenvalue weighted by molar-refractivity contribution is -0.126. The number of hydrogen-bond donors (Lipinski definition) is 2. The highest BCUT2D eigenvalue weighted by Crippen LogP contribution is 2.41. The summed E-state index contributed by atoms with van der Waals surface area (Å²) in [5, 5.41) is 11.6. The molecular weight excluding hydrogens is 514 g/mol. The van der Waals surface area contributed by atoms with Crippen LogP contribution in [0, 0.1) is 0 Å². The molecule has 34 heavy (non-hydrogen) atoms. The highest BCUT2D eigenvalue weighted by Gasteiger charge is 2.42. The number of hydrogen-bond acceptors (Lipinski definition) is 4. The summed E-state index contributed by atoms with van der Waals surface area (Å²) in [7, 11) is 0. The van der Waals surface area contributed by atoms with Crippen LogP contribution >= 0.6 is 27.5 Å². The van der Waals surface area contributed by atoms with Gasteiger partial charge in [0.05, 0.1) is 21.8 Å². The number of fused-ring (bicyclic) bond motifs is 1. The monoisotopic (exact) mass is 537 g/mol. The molecule has 8 heteroatoms. The van der Waals surface area contributed by atoms with Crippen LogP contribution in [0.4, 0.5) is 5.82 Å². The van der Waals surface area contributed by atoms with Crippen LogP contribution in [-0.4, -0.2) is 33.6 Å². The Balaban J connectivity index is 1.32. The molecule has 2 heterocycles. The van der Waals surface area contributed by atoms with Gasteiger partial charge in [-0.2, -0.15) is 9.61 Å². The first-order valence-corrected chi connectivity index (χ1v) is 12.6. The summed E-state index contributed by atoms with van der Waals surface area (Å²) < 4.78 is 2.54. The minimum absolute atomic E-state index is 0.108. The zero-order valence-electron chi connectivity index (χ0n) is 18.6. The first-order chi connectivity index (χ1) is 16.6. The third-order valence-corrected chi connectivity index (χ3v) is 7.40. The van der Waals surface area contributed by atoms with Crippen LogP contribution in [0.15, 0.2) is 71.3 Å². The second-order valence-electron chi connectivity index (χ2n) is 8.57. The molecule has 2 aromatic heterocycles. The van der Waals surface area contributed by atoms with E-state index in [0.717, 1.165) is 52.8 Å². The SMILES string of the molecule is O=C(NCCNc1cc(-c2ccccc2Cl)nc2c(Br)cnn12)C1(c2ccccc2)CCCC1. The van der Waals surface area contributed by atoms with Gasteiger partial charge in [0.2, 0.25) is 5.91 Å². The number of nitrogens with zero attached hydrogens (tertiary/aromatic N) is 3. The Labute approximate surface area is 211 Å². The van der Waals surface area contributed by atoms with E-state index in [2.05, 4.69) is 43.8 Å². The topological polar surface area (TPSA) is 71.3 Å². The first kappa shape index (κ1) is 22.9. The molecule has 0 unspecified atom stereocenters. The minimum atomic E-state index is -0.421. The second kappa shape index (κ2) is 9.76. The van der Waals surface area contributed by atoms with E-state index in [1.165, 1.54) is 0 Å². The summed E-state index contributed by atoms with van der Waals surface area (Å²) in [6.07, 6.45) is 5.66. The zero-order valence-corrected chi connectivity index (χ0v) is 20.9. The van der Waals surface area contributed by atoms with Crippen molar-refractivity contribution in [3.05, 3.63) is 81.9 Å². The van der Waals surface area contributed by atoms with Crippen LogP contribution in [-0.2, 0) is 10.2 Å². The van der Waals surface area contributed by atoms with Gasteiger partial charge in [-0.15, -0.1) is 0 Å². The Kier molecular flexibility index (Phi) is 6.57. The maximum atomic E-state index is 13.3. The number of rotatable bonds is 7. The summed E-state index contributed by atoms with van der Waals surface area (Å²) in [6.45, 7) is 1.05. The molecule has 0 atom stereocenters. The normalized spacial score (nSPS) is 14.9. The van der Waals surface area contributed by atoms with E-state index in [4.69, 9.17) is 16.6 Å². The van der Waals surface area contributed by atoms with E-state index in [1.54, 1.807) is 10.7 Å². The van der Waals surface area contributed by atoms with Crippen LogP contribution in [0.2, 0.25) is 5.02 Å². The molecule has 2 aromatic carbocycles. The zero-order chi connectivity index (χ0) is 23.5. The Hall–Kier alpha value is -2.90. The third kappa shape index (κ3) is 4.30. The predicted octanol–water partition coefficient (Wildman–Crippen LogP) is 5.85. The Morgan fingerprint density at radius 2 is 1.79 bits per heavy atom. The molecule has 2 N–H and O–H groups in total. The molecule has 1 aliphatic carbocycles. The van der Waals surface area contributed by atoms with E-state index >= 15 is 0 Å². The van der Waals surface area contributed by atoms with Gasteiger partial charge in [0.15, 0.2) is 5.65 Å². The molecule has 0 aliphatic heterocycles. The number of nitrogens with one attached hydrogen (secondary N) is 2. The van der Waals surface area contributed by atoms with Crippen LogP contribution in [0.5, 0.6) is 0 Å². The van der Waals surface area contributed by atoms with Gasteiger partial charge >= 0.3 is 0 Å². The largest absolute Gasteiger partial charge is 0.368 e. The molecular formula is C26H25BrClN5O.